The van der Waals surface area contributed by atoms with Crippen LogP contribution >= 0.6 is 0 Å². The van der Waals surface area contributed by atoms with Crippen LogP contribution in [0.2, 0.25) is 0 Å². The molecule has 29 heavy (non-hydrogen) atoms. The zero-order chi connectivity index (χ0) is 20.5. The van der Waals surface area contributed by atoms with Crippen LogP contribution < -0.4 is 10.9 Å². The molecule has 0 unspecified atom stereocenters. The fraction of sp³-hybridized carbons (Fsp3) is 0.261. The Morgan fingerprint density at radius 2 is 1.90 bits per heavy atom. The number of ether oxygens (including phenoxy) is 1. The lowest BCUT2D eigenvalue weighted by Gasteiger charge is -2.13. The molecule has 0 saturated heterocycles. The van der Waals surface area contributed by atoms with Crippen molar-refractivity contribution in [2.45, 2.75) is 39.7 Å². The summed E-state index contributed by atoms with van der Waals surface area (Å²) in [5, 5.41) is 3.46. The maximum absolute atomic E-state index is 12.7. The largest absolute Gasteiger partial charge is 0.457 e. The van der Waals surface area contributed by atoms with Crippen molar-refractivity contribution < 1.29 is 18.7 Å². The smallest absolute Gasteiger partial charge is 0.340 e. The zero-order valence-corrected chi connectivity index (χ0v) is 16.3. The van der Waals surface area contributed by atoms with Gasteiger partial charge in [-0.05, 0) is 61.1 Å². The number of carbonyl (C=O) groups excluding carboxylic acids is 2. The van der Waals surface area contributed by atoms with Crippen LogP contribution in [0.5, 0.6) is 0 Å². The van der Waals surface area contributed by atoms with E-state index < -0.39 is 11.6 Å². The van der Waals surface area contributed by atoms with Crippen LogP contribution in [0.4, 0.5) is 5.69 Å². The first-order valence-corrected chi connectivity index (χ1v) is 9.55. The highest BCUT2D eigenvalue weighted by Gasteiger charge is 2.18. The predicted octanol–water partition coefficient (Wildman–Crippen LogP) is 3.91. The van der Waals surface area contributed by atoms with Gasteiger partial charge >= 0.3 is 11.6 Å². The molecular weight excluding hydrogens is 370 g/mol. The molecule has 1 N–H and O–H groups in total. The molecule has 1 aliphatic carbocycles. The van der Waals surface area contributed by atoms with Gasteiger partial charge in [-0.2, -0.15) is 0 Å². The third kappa shape index (κ3) is 3.78. The molecule has 2 aromatic carbocycles. The number of carbonyl (C=O) groups is 2. The average molecular weight is 391 g/mol. The standard InChI is InChI=1S/C23H21NO5/c1-13-5-3-8-18(22(13)24-14(2)25)23(27)28-12-17-11-21(26)29-20-10-16-7-4-6-15(16)9-19(17)20/h3,5,8-11H,4,6-7,12H2,1-2H3,(H,24,25). The van der Waals surface area contributed by atoms with E-state index in [1.54, 1.807) is 25.1 Å². The minimum atomic E-state index is -0.569. The number of benzene rings is 2. The number of hydrogen-bond acceptors (Lipinski definition) is 5. The van der Waals surface area contributed by atoms with Gasteiger partial charge in [0.25, 0.3) is 0 Å². The van der Waals surface area contributed by atoms with E-state index in [0.29, 0.717) is 16.8 Å². The van der Waals surface area contributed by atoms with E-state index in [1.807, 2.05) is 12.1 Å². The van der Waals surface area contributed by atoms with E-state index in [0.717, 1.165) is 30.2 Å². The first-order chi connectivity index (χ1) is 13.9. The molecule has 0 atom stereocenters. The molecule has 1 aromatic heterocycles. The van der Waals surface area contributed by atoms with Crippen molar-refractivity contribution in [3.8, 4) is 0 Å². The number of esters is 1. The molecule has 0 bridgehead atoms. The second-order valence-electron chi connectivity index (χ2n) is 7.32. The molecule has 6 heteroatoms. The Balaban J connectivity index is 1.64. The number of para-hydroxylation sites is 1. The van der Waals surface area contributed by atoms with Gasteiger partial charge in [0, 0.05) is 23.9 Å². The van der Waals surface area contributed by atoms with E-state index in [-0.39, 0.29) is 18.1 Å². The molecule has 6 nitrogen and oxygen atoms in total. The number of amides is 1. The predicted molar refractivity (Wildman–Crippen MR) is 109 cm³/mol. The summed E-state index contributed by atoms with van der Waals surface area (Å²) >= 11 is 0. The monoisotopic (exact) mass is 391 g/mol. The van der Waals surface area contributed by atoms with Gasteiger partial charge in [-0.15, -0.1) is 0 Å². The molecular formula is C23H21NO5. The highest BCUT2D eigenvalue weighted by Crippen LogP contribution is 2.29. The summed E-state index contributed by atoms with van der Waals surface area (Å²) in [5.41, 5.74) is 4.55. The van der Waals surface area contributed by atoms with Gasteiger partial charge in [0.05, 0.1) is 11.3 Å². The van der Waals surface area contributed by atoms with Crippen LogP contribution in [0.25, 0.3) is 11.0 Å². The highest BCUT2D eigenvalue weighted by atomic mass is 16.5. The fourth-order valence-corrected chi connectivity index (χ4v) is 3.82. The summed E-state index contributed by atoms with van der Waals surface area (Å²) in [7, 11) is 0. The van der Waals surface area contributed by atoms with E-state index >= 15 is 0 Å². The molecule has 1 heterocycles. The summed E-state index contributed by atoms with van der Waals surface area (Å²) in [6.45, 7) is 3.13. The summed E-state index contributed by atoms with van der Waals surface area (Å²) < 4.78 is 10.9. The van der Waals surface area contributed by atoms with Crippen molar-refractivity contribution in [1.29, 1.82) is 0 Å². The first kappa shape index (κ1) is 18.9. The number of nitrogens with one attached hydrogen (secondary N) is 1. The quantitative estimate of drug-likeness (QED) is 0.538. The molecule has 4 rings (SSSR count). The zero-order valence-electron chi connectivity index (χ0n) is 16.3. The van der Waals surface area contributed by atoms with Crippen LogP contribution in [-0.4, -0.2) is 11.9 Å². The van der Waals surface area contributed by atoms with Crippen LogP contribution in [0.1, 0.15) is 46.0 Å². The van der Waals surface area contributed by atoms with Crippen molar-refractivity contribution in [2.24, 2.45) is 0 Å². The van der Waals surface area contributed by atoms with Gasteiger partial charge in [0.15, 0.2) is 0 Å². The number of fused-ring (bicyclic) bond motifs is 2. The Morgan fingerprint density at radius 3 is 2.66 bits per heavy atom. The Labute approximate surface area is 167 Å². The van der Waals surface area contributed by atoms with Gasteiger partial charge in [0.1, 0.15) is 12.2 Å². The first-order valence-electron chi connectivity index (χ1n) is 9.55. The number of anilines is 1. The second-order valence-corrected chi connectivity index (χ2v) is 7.32. The summed E-state index contributed by atoms with van der Waals surface area (Å²) in [6, 6.07) is 10.4. The molecule has 0 spiro atoms. The van der Waals surface area contributed by atoms with Crippen LogP contribution in [0.3, 0.4) is 0 Å². The van der Waals surface area contributed by atoms with E-state index in [4.69, 9.17) is 9.15 Å². The maximum Gasteiger partial charge on any atom is 0.340 e. The summed E-state index contributed by atoms with van der Waals surface area (Å²) in [5.74, 6) is -0.839. The van der Waals surface area contributed by atoms with E-state index in [9.17, 15) is 14.4 Å². The summed E-state index contributed by atoms with van der Waals surface area (Å²) in [6.07, 6.45) is 3.06. The molecule has 3 aromatic rings. The molecule has 148 valence electrons. The van der Waals surface area contributed by atoms with Crippen molar-refractivity contribution in [3.63, 3.8) is 0 Å². The van der Waals surface area contributed by atoms with Gasteiger partial charge in [-0.3, -0.25) is 4.79 Å². The third-order valence-corrected chi connectivity index (χ3v) is 5.20. The Hall–Kier alpha value is -3.41. The van der Waals surface area contributed by atoms with Crippen LogP contribution in [0, 0.1) is 6.92 Å². The normalized spacial score (nSPS) is 12.6. The lowest BCUT2D eigenvalue weighted by atomic mass is 10.0. The fourth-order valence-electron chi connectivity index (χ4n) is 3.82. The number of hydrogen-bond donors (Lipinski definition) is 1. The highest BCUT2D eigenvalue weighted by molar-refractivity contribution is 6.01. The lowest BCUT2D eigenvalue weighted by molar-refractivity contribution is -0.114. The minimum Gasteiger partial charge on any atom is -0.457 e. The number of rotatable bonds is 4. The van der Waals surface area contributed by atoms with Gasteiger partial charge in [-0.1, -0.05) is 12.1 Å². The van der Waals surface area contributed by atoms with Gasteiger partial charge in [-0.25, -0.2) is 9.59 Å². The molecule has 0 saturated carbocycles. The SMILES string of the molecule is CC(=O)Nc1c(C)cccc1C(=O)OCc1cc(=O)oc2cc3c(cc12)CCC3. The molecule has 0 fully saturated rings. The summed E-state index contributed by atoms with van der Waals surface area (Å²) in [4.78, 5) is 36.2. The van der Waals surface area contributed by atoms with E-state index in [2.05, 4.69) is 5.32 Å². The van der Waals surface area contributed by atoms with Crippen LogP contribution in [-0.2, 0) is 29.0 Å². The third-order valence-electron chi connectivity index (χ3n) is 5.20. The van der Waals surface area contributed by atoms with E-state index in [1.165, 1.54) is 24.1 Å². The minimum absolute atomic E-state index is 0.0623. The Bertz CT molecular complexity index is 1190. The Morgan fingerprint density at radius 1 is 1.14 bits per heavy atom. The number of aryl methyl sites for hydroxylation is 3. The Kier molecular flexibility index (Phi) is 4.92. The van der Waals surface area contributed by atoms with Crippen LogP contribution in [0.15, 0.2) is 45.6 Å². The van der Waals surface area contributed by atoms with Crippen molar-refractivity contribution in [1.82, 2.24) is 0 Å². The van der Waals surface area contributed by atoms with Gasteiger partial charge < -0.3 is 14.5 Å². The van der Waals surface area contributed by atoms with Crippen molar-refractivity contribution in [3.05, 3.63) is 74.6 Å². The van der Waals surface area contributed by atoms with Gasteiger partial charge in [0.2, 0.25) is 5.91 Å². The topological polar surface area (TPSA) is 85.6 Å². The van der Waals surface area contributed by atoms with Crippen molar-refractivity contribution >= 4 is 28.5 Å². The average Bonchev–Trinajstić information content (AvgIpc) is 3.12. The maximum atomic E-state index is 12.7. The second kappa shape index (κ2) is 7.54. The molecule has 1 amide bonds. The molecule has 0 radical (unpaired) electrons. The molecule has 0 aliphatic heterocycles. The van der Waals surface area contributed by atoms with Crippen molar-refractivity contribution in [2.75, 3.05) is 5.32 Å². The molecule has 1 aliphatic rings. The lowest BCUT2D eigenvalue weighted by Crippen LogP contribution is -2.14.